The van der Waals surface area contributed by atoms with Gasteiger partial charge in [0.2, 0.25) is 5.91 Å². The van der Waals surface area contributed by atoms with Crippen LogP contribution in [0.2, 0.25) is 0 Å². The number of thiophene rings is 1. The summed E-state index contributed by atoms with van der Waals surface area (Å²) in [6.07, 6.45) is 5.52. The predicted octanol–water partition coefficient (Wildman–Crippen LogP) is 4.99. The van der Waals surface area contributed by atoms with Gasteiger partial charge < -0.3 is 25.2 Å². The minimum absolute atomic E-state index is 0.0758. The summed E-state index contributed by atoms with van der Waals surface area (Å²) in [5.41, 5.74) is 5.97. The van der Waals surface area contributed by atoms with Gasteiger partial charge >= 0.3 is 0 Å². The second-order valence-corrected chi connectivity index (χ2v) is 12.8. The molecule has 2 atom stereocenters. The fourth-order valence-electron chi connectivity index (χ4n) is 5.98. The summed E-state index contributed by atoms with van der Waals surface area (Å²) >= 11 is 1.69. The molecule has 9 nitrogen and oxygen atoms in total. The number of hydrogen-bond donors (Lipinski definition) is 3. The number of benzene rings is 2. The highest BCUT2D eigenvalue weighted by Gasteiger charge is 2.32. The number of likely N-dealkylation sites (N-methyl/N-ethyl adjacent to an activating group) is 2. The van der Waals surface area contributed by atoms with Crippen LogP contribution in [0.25, 0.3) is 11.3 Å². The highest BCUT2D eigenvalue weighted by atomic mass is 32.1. The van der Waals surface area contributed by atoms with E-state index < -0.39 is 6.23 Å². The van der Waals surface area contributed by atoms with Crippen molar-refractivity contribution < 1.29 is 9.90 Å². The third kappa shape index (κ3) is 5.82. The van der Waals surface area contributed by atoms with Crippen LogP contribution in [0.4, 0.5) is 17.2 Å². The van der Waals surface area contributed by atoms with Crippen LogP contribution in [0.5, 0.6) is 0 Å². The smallest absolute Gasteiger partial charge is 0.293 e. The third-order valence-electron chi connectivity index (χ3n) is 8.59. The number of nitrogens with one attached hydrogen (secondary N) is 2. The maximum absolute atomic E-state index is 13.1. The lowest BCUT2D eigenvalue weighted by atomic mass is 9.99. The number of hydrogen-bond acceptors (Lipinski definition) is 8. The Labute approximate surface area is 255 Å². The normalized spacial score (nSPS) is 17.9. The summed E-state index contributed by atoms with van der Waals surface area (Å²) in [6, 6.07) is 15.2. The van der Waals surface area contributed by atoms with Crippen molar-refractivity contribution in [3.05, 3.63) is 91.5 Å². The Balaban J connectivity index is 1.23. The zero-order valence-corrected chi connectivity index (χ0v) is 25.9. The first-order chi connectivity index (χ1) is 20.7. The number of aryl methyl sites for hydroxylation is 3. The van der Waals surface area contributed by atoms with Crippen LogP contribution in [0, 0.1) is 6.92 Å². The molecular weight excluding hydrogens is 560 g/mol. The molecule has 2 aromatic heterocycles. The average Bonchev–Trinajstić information content (AvgIpc) is 3.44. The molecule has 1 fully saturated rings. The van der Waals surface area contributed by atoms with Gasteiger partial charge in [0, 0.05) is 55.2 Å². The number of carbonyl (C=O) groups excluding carboxylic acids is 1. The van der Waals surface area contributed by atoms with Crippen molar-refractivity contribution in [2.75, 3.05) is 37.8 Å². The van der Waals surface area contributed by atoms with Crippen LogP contribution in [0.15, 0.2) is 59.5 Å². The van der Waals surface area contributed by atoms with Crippen LogP contribution in [0.1, 0.15) is 51.6 Å². The Morgan fingerprint density at radius 3 is 2.56 bits per heavy atom. The molecular formula is C33H38N6O3S. The van der Waals surface area contributed by atoms with E-state index in [1.165, 1.54) is 27.8 Å². The Morgan fingerprint density at radius 2 is 1.79 bits per heavy atom. The van der Waals surface area contributed by atoms with E-state index in [2.05, 4.69) is 21.6 Å². The van der Waals surface area contributed by atoms with Gasteiger partial charge in [0.15, 0.2) is 12.0 Å². The van der Waals surface area contributed by atoms with Gasteiger partial charge in [-0.15, -0.1) is 11.3 Å². The topological polar surface area (TPSA) is 103 Å². The highest BCUT2D eigenvalue weighted by Crippen LogP contribution is 2.35. The van der Waals surface area contributed by atoms with Gasteiger partial charge in [-0.1, -0.05) is 24.3 Å². The molecule has 1 amide bonds. The summed E-state index contributed by atoms with van der Waals surface area (Å²) < 4.78 is 1.52. The number of anilines is 3. The van der Waals surface area contributed by atoms with Crippen molar-refractivity contribution in [1.29, 1.82) is 0 Å². The molecule has 1 aliphatic carbocycles. The van der Waals surface area contributed by atoms with E-state index in [-0.39, 0.29) is 23.3 Å². The molecule has 0 radical (unpaired) electrons. The van der Waals surface area contributed by atoms with Crippen molar-refractivity contribution in [2.24, 2.45) is 7.05 Å². The summed E-state index contributed by atoms with van der Waals surface area (Å²) in [6.45, 7) is 3.51. The lowest BCUT2D eigenvalue weighted by molar-refractivity contribution is -0.139. The van der Waals surface area contributed by atoms with E-state index >= 15 is 0 Å². The first-order valence-corrected chi connectivity index (χ1v) is 15.6. The van der Waals surface area contributed by atoms with Crippen molar-refractivity contribution in [1.82, 2.24) is 19.4 Å². The Kier molecular flexibility index (Phi) is 8.09. The zero-order chi connectivity index (χ0) is 30.2. The van der Waals surface area contributed by atoms with Crippen LogP contribution in [-0.2, 0) is 24.7 Å². The number of aliphatic hydroxyl groups is 1. The van der Waals surface area contributed by atoms with Crippen LogP contribution in [0.3, 0.4) is 0 Å². The molecule has 2 unspecified atom stereocenters. The summed E-state index contributed by atoms with van der Waals surface area (Å²) in [5.74, 6) is 0.284. The van der Waals surface area contributed by atoms with Gasteiger partial charge in [-0.3, -0.25) is 14.5 Å². The van der Waals surface area contributed by atoms with E-state index in [4.69, 9.17) is 4.98 Å². The number of fused-ring (bicyclic) bond motifs is 1. The van der Waals surface area contributed by atoms with Gasteiger partial charge in [-0.25, -0.2) is 4.98 Å². The second-order valence-electron chi connectivity index (χ2n) is 11.6. The molecule has 1 saturated heterocycles. The van der Waals surface area contributed by atoms with Gasteiger partial charge in [0.05, 0.1) is 10.6 Å². The van der Waals surface area contributed by atoms with Gasteiger partial charge in [-0.05, 0) is 80.6 Å². The van der Waals surface area contributed by atoms with Crippen molar-refractivity contribution in [3.63, 3.8) is 0 Å². The highest BCUT2D eigenvalue weighted by molar-refractivity contribution is 7.12. The average molecular weight is 599 g/mol. The first kappa shape index (κ1) is 29.1. The largest absolute Gasteiger partial charge is 0.369 e. The molecule has 0 saturated carbocycles. The standard InChI is InChI=1S/C33H38N6O3S/c1-20-24(9-7-10-25(20)36-31(40)28-18-22-8-5-6-11-27(22)43-28)26-19-39(4)33(42)30(35-26)34-23-14-12-21(13-15-23)29-32(41)38(3)17-16-37(29)2/h7,9-10,12-15,18-19,29,31,36,40H,5-6,8,11,16-17H2,1-4H3,(H,34,35). The molecule has 1 aliphatic heterocycles. The first-order valence-electron chi connectivity index (χ1n) is 14.8. The van der Waals surface area contributed by atoms with Crippen LogP contribution in [-0.4, -0.2) is 57.5 Å². The number of rotatable bonds is 7. The maximum Gasteiger partial charge on any atom is 0.293 e. The number of aliphatic hydroxyl groups excluding tert-OH is 1. The lowest BCUT2D eigenvalue weighted by Gasteiger charge is -2.37. The SMILES string of the molecule is Cc1c(NC(O)c2cc3c(s2)CCCC3)cccc1-c1cn(C)c(=O)c(Nc2ccc(C3C(=O)N(C)CCN3C)cc2)n1. The molecule has 224 valence electrons. The minimum Gasteiger partial charge on any atom is -0.369 e. The molecule has 6 rings (SSSR count). The molecule has 10 heteroatoms. The zero-order valence-electron chi connectivity index (χ0n) is 25.1. The Bertz CT molecular complexity index is 1690. The summed E-state index contributed by atoms with van der Waals surface area (Å²) in [7, 11) is 5.50. The molecule has 0 spiro atoms. The molecule has 3 heterocycles. The van der Waals surface area contributed by atoms with E-state index in [1.807, 2.05) is 63.5 Å². The molecule has 4 aromatic rings. The number of amides is 1. The van der Waals surface area contributed by atoms with Crippen LogP contribution < -0.4 is 16.2 Å². The monoisotopic (exact) mass is 598 g/mol. The number of nitrogens with zero attached hydrogens (tertiary/aromatic N) is 4. The van der Waals surface area contributed by atoms with Crippen molar-refractivity contribution in [3.8, 4) is 11.3 Å². The summed E-state index contributed by atoms with van der Waals surface area (Å²) in [4.78, 5) is 36.7. The molecule has 3 N–H and O–H groups in total. The summed E-state index contributed by atoms with van der Waals surface area (Å²) in [5, 5.41) is 17.5. The Morgan fingerprint density at radius 1 is 1.02 bits per heavy atom. The molecule has 43 heavy (non-hydrogen) atoms. The predicted molar refractivity (Wildman–Crippen MR) is 172 cm³/mol. The molecule has 0 bridgehead atoms. The number of carbonyl (C=O) groups is 1. The maximum atomic E-state index is 13.1. The second kappa shape index (κ2) is 11.9. The Hall–Kier alpha value is -3.99. The third-order valence-corrected chi connectivity index (χ3v) is 9.88. The van der Waals surface area contributed by atoms with Crippen LogP contribution >= 0.6 is 11.3 Å². The lowest BCUT2D eigenvalue weighted by Crippen LogP contribution is -2.48. The minimum atomic E-state index is -0.804. The van der Waals surface area contributed by atoms with E-state index in [0.717, 1.165) is 46.6 Å². The van der Waals surface area contributed by atoms with Gasteiger partial charge in [0.25, 0.3) is 5.56 Å². The van der Waals surface area contributed by atoms with Crippen molar-refractivity contribution >= 4 is 34.4 Å². The fraction of sp³-hybridized carbons (Fsp3) is 0.364. The van der Waals surface area contributed by atoms with E-state index in [1.54, 1.807) is 29.5 Å². The number of aromatic nitrogens is 2. The van der Waals surface area contributed by atoms with E-state index in [0.29, 0.717) is 17.9 Å². The van der Waals surface area contributed by atoms with Crippen molar-refractivity contribution in [2.45, 2.75) is 44.9 Å². The number of piperazine rings is 1. The van der Waals surface area contributed by atoms with Gasteiger partial charge in [-0.2, -0.15) is 0 Å². The quantitative estimate of drug-likeness (QED) is 0.258. The fourth-order valence-corrected chi connectivity index (χ4v) is 7.18. The van der Waals surface area contributed by atoms with E-state index in [9.17, 15) is 14.7 Å². The van der Waals surface area contributed by atoms with Gasteiger partial charge in [0.1, 0.15) is 6.04 Å². The molecule has 2 aromatic carbocycles. The molecule has 2 aliphatic rings.